The van der Waals surface area contributed by atoms with E-state index in [0.29, 0.717) is 29.4 Å². The highest BCUT2D eigenvalue weighted by Crippen LogP contribution is 2.28. The molecule has 2 heterocycles. The SMILES string of the molecule is COc1cc(Cl)cc(NC(=O)c2cc(N3CCCS3(=O)=O)ncc2Cl)c1. The molecule has 26 heavy (non-hydrogen) atoms. The average Bonchev–Trinajstić information content (AvgIpc) is 2.94. The Morgan fingerprint density at radius 2 is 2.04 bits per heavy atom. The Morgan fingerprint density at radius 3 is 2.69 bits per heavy atom. The van der Waals surface area contributed by atoms with Crippen molar-refractivity contribution in [2.45, 2.75) is 6.42 Å². The fourth-order valence-corrected chi connectivity index (χ4v) is 4.51. The Labute approximate surface area is 160 Å². The van der Waals surface area contributed by atoms with Gasteiger partial charge in [0.2, 0.25) is 10.0 Å². The maximum absolute atomic E-state index is 12.6. The number of aromatic nitrogens is 1. The van der Waals surface area contributed by atoms with E-state index < -0.39 is 15.9 Å². The molecule has 0 bridgehead atoms. The van der Waals surface area contributed by atoms with Gasteiger partial charge in [-0.05, 0) is 24.6 Å². The van der Waals surface area contributed by atoms with Crippen LogP contribution >= 0.6 is 23.2 Å². The van der Waals surface area contributed by atoms with Crippen LogP contribution in [0.1, 0.15) is 16.8 Å². The number of rotatable bonds is 4. The lowest BCUT2D eigenvalue weighted by atomic mass is 10.2. The molecule has 0 saturated carbocycles. The molecule has 1 saturated heterocycles. The van der Waals surface area contributed by atoms with Crippen molar-refractivity contribution in [1.82, 2.24) is 4.98 Å². The third-order valence-electron chi connectivity index (χ3n) is 3.81. The fourth-order valence-electron chi connectivity index (χ4n) is 2.59. The Bertz CT molecular complexity index is 966. The molecule has 7 nitrogen and oxygen atoms in total. The largest absolute Gasteiger partial charge is 0.497 e. The standard InChI is InChI=1S/C16H15Cl2N3O4S/c1-25-12-6-10(17)5-11(7-12)20-16(22)13-8-15(19-9-14(13)18)21-3-2-4-26(21,23)24/h5-9H,2-4H2,1H3,(H,20,22). The topological polar surface area (TPSA) is 88.6 Å². The summed E-state index contributed by atoms with van der Waals surface area (Å²) in [6.07, 6.45) is 1.77. The van der Waals surface area contributed by atoms with Crippen molar-refractivity contribution in [3.05, 3.63) is 46.1 Å². The maximum atomic E-state index is 12.6. The molecule has 1 aliphatic rings. The molecule has 0 aliphatic carbocycles. The minimum atomic E-state index is -3.41. The van der Waals surface area contributed by atoms with Crippen molar-refractivity contribution in [2.24, 2.45) is 0 Å². The van der Waals surface area contributed by atoms with E-state index in [1.165, 1.54) is 23.7 Å². The van der Waals surface area contributed by atoms with Crippen LogP contribution in [0.5, 0.6) is 5.75 Å². The van der Waals surface area contributed by atoms with Gasteiger partial charge >= 0.3 is 0 Å². The molecule has 1 amide bonds. The van der Waals surface area contributed by atoms with E-state index in [0.717, 1.165) is 0 Å². The first-order chi connectivity index (χ1) is 12.3. The van der Waals surface area contributed by atoms with Gasteiger partial charge in [-0.25, -0.2) is 13.4 Å². The van der Waals surface area contributed by atoms with Crippen LogP contribution in [0.3, 0.4) is 0 Å². The smallest absolute Gasteiger partial charge is 0.257 e. The Kier molecular flexibility index (Phi) is 5.27. The molecule has 138 valence electrons. The summed E-state index contributed by atoms with van der Waals surface area (Å²) in [7, 11) is -1.92. The van der Waals surface area contributed by atoms with Crippen molar-refractivity contribution in [3.63, 3.8) is 0 Å². The number of anilines is 2. The molecule has 1 aromatic carbocycles. The second-order valence-electron chi connectivity index (χ2n) is 5.60. The van der Waals surface area contributed by atoms with Gasteiger partial charge < -0.3 is 10.1 Å². The van der Waals surface area contributed by atoms with Gasteiger partial charge in [0.25, 0.3) is 5.91 Å². The number of sulfonamides is 1. The number of benzene rings is 1. The highest BCUT2D eigenvalue weighted by atomic mass is 35.5. The lowest BCUT2D eigenvalue weighted by Crippen LogP contribution is -2.26. The Morgan fingerprint density at radius 1 is 1.27 bits per heavy atom. The van der Waals surface area contributed by atoms with E-state index in [4.69, 9.17) is 27.9 Å². The summed E-state index contributed by atoms with van der Waals surface area (Å²) in [5.41, 5.74) is 0.528. The van der Waals surface area contributed by atoms with Crippen LogP contribution in [0, 0.1) is 0 Å². The van der Waals surface area contributed by atoms with Crippen LogP contribution < -0.4 is 14.4 Å². The van der Waals surface area contributed by atoms with E-state index in [-0.39, 0.29) is 22.2 Å². The minimum Gasteiger partial charge on any atom is -0.497 e. The minimum absolute atomic E-state index is 0.0567. The van der Waals surface area contributed by atoms with E-state index in [1.54, 1.807) is 18.2 Å². The predicted molar refractivity (Wildman–Crippen MR) is 101 cm³/mol. The molecule has 1 aromatic heterocycles. The van der Waals surface area contributed by atoms with Gasteiger partial charge in [0.05, 0.1) is 23.4 Å². The molecule has 1 fully saturated rings. The molecule has 3 rings (SSSR count). The first-order valence-electron chi connectivity index (χ1n) is 7.62. The number of methoxy groups -OCH3 is 1. The molecule has 1 N–H and O–H groups in total. The number of ether oxygens (including phenoxy) is 1. The second-order valence-corrected chi connectivity index (χ2v) is 8.45. The third-order valence-corrected chi connectivity index (χ3v) is 6.17. The van der Waals surface area contributed by atoms with E-state index in [9.17, 15) is 13.2 Å². The fraction of sp³-hybridized carbons (Fsp3) is 0.250. The molecular weight excluding hydrogens is 401 g/mol. The molecule has 0 radical (unpaired) electrons. The number of pyridine rings is 1. The molecule has 0 spiro atoms. The zero-order valence-corrected chi connectivity index (χ0v) is 16.0. The van der Waals surface area contributed by atoms with Crippen LogP contribution in [0.2, 0.25) is 10.0 Å². The lowest BCUT2D eigenvalue weighted by molar-refractivity contribution is 0.102. The number of nitrogens with zero attached hydrogens (tertiary/aromatic N) is 2. The molecule has 2 aromatic rings. The van der Waals surface area contributed by atoms with Crippen molar-refractivity contribution in [2.75, 3.05) is 29.0 Å². The van der Waals surface area contributed by atoms with Crippen LogP contribution in [-0.2, 0) is 10.0 Å². The van der Waals surface area contributed by atoms with E-state index in [1.807, 2.05) is 0 Å². The van der Waals surface area contributed by atoms with Crippen molar-refractivity contribution in [1.29, 1.82) is 0 Å². The number of hydrogen-bond donors (Lipinski definition) is 1. The van der Waals surface area contributed by atoms with Crippen LogP contribution in [0.25, 0.3) is 0 Å². The zero-order chi connectivity index (χ0) is 18.9. The molecule has 1 aliphatic heterocycles. The summed E-state index contributed by atoms with van der Waals surface area (Å²) in [5, 5.41) is 3.17. The summed E-state index contributed by atoms with van der Waals surface area (Å²) < 4.78 is 30.4. The number of nitrogens with one attached hydrogen (secondary N) is 1. The number of amides is 1. The van der Waals surface area contributed by atoms with Crippen molar-refractivity contribution in [3.8, 4) is 5.75 Å². The van der Waals surface area contributed by atoms with E-state index >= 15 is 0 Å². The first-order valence-corrected chi connectivity index (χ1v) is 9.98. The van der Waals surface area contributed by atoms with Gasteiger partial charge in [-0.2, -0.15) is 0 Å². The number of hydrogen-bond acceptors (Lipinski definition) is 5. The summed E-state index contributed by atoms with van der Waals surface area (Å²) >= 11 is 12.1. The second kappa shape index (κ2) is 7.30. The van der Waals surface area contributed by atoms with Gasteiger partial charge in [0.15, 0.2) is 0 Å². The quantitative estimate of drug-likeness (QED) is 0.827. The molecule has 0 unspecified atom stereocenters. The van der Waals surface area contributed by atoms with Crippen molar-refractivity contribution >= 4 is 50.6 Å². The average molecular weight is 416 g/mol. The van der Waals surface area contributed by atoms with Crippen LogP contribution in [0.15, 0.2) is 30.5 Å². The summed E-state index contributed by atoms with van der Waals surface area (Å²) in [5.74, 6) is 0.194. The maximum Gasteiger partial charge on any atom is 0.257 e. The highest BCUT2D eigenvalue weighted by molar-refractivity contribution is 7.93. The van der Waals surface area contributed by atoms with Gasteiger partial charge in [0.1, 0.15) is 11.6 Å². The summed E-state index contributed by atoms with van der Waals surface area (Å²) in [6.45, 7) is 0.323. The lowest BCUT2D eigenvalue weighted by Gasteiger charge is -2.17. The van der Waals surface area contributed by atoms with Gasteiger partial charge in [-0.1, -0.05) is 23.2 Å². The van der Waals surface area contributed by atoms with Crippen LogP contribution in [-0.4, -0.2) is 38.7 Å². The van der Waals surface area contributed by atoms with Gasteiger partial charge in [-0.15, -0.1) is 0 Å². The van der Waals surface area contributed by atoms with Crippen LogP contribution in [0.4, 0.5) is 11.5 Å². The molecular formula is C16H15Cl2N3O4S. The molecule has 10 heteroatoms. The Hall–Kier alpha value is -2.03. The monoisotopic (exact) mass is 415 g/mol. The third kappa shape index (κ3) is 3.87. The number of carbonyl (C=O) groups excluding carboxylic acids is 1. The van der Waals surface area contributed by atoms with Gasteiger partial charge in [-0.3, -0.25) is 9.10 Å². The number of halogens is 2. The normalized spacial score (nSPS) is 15.7. The van der Waals surface area contributed by atoms with E-state index in [2.05, 4.69) is 10.3 Å². The predicted octanol–water partition coefficient (Wildman–Crippen LogP) is 3.19. The highest BCUT2D eigenvalue weighted by Gasteiger charge is 2.30. The summed E-state index contributed by atoms with van der Waals surface area (Å²) in [6, 6.07) is 6.13. The first kappa shape index (κ1) is 18.8. The van der Waals surface area contributed by atoms with Gasteiger partial charge in [0, 0.05) is 29.5 Å². The number of carbonyl (C=O) groups is 1. The van der Waals surface area contributed by atoms with Crippen molar-refractivity contribution < 1.29 is 17.9 Å². The Balaban J connectivity index is 1.90. The zero-order valence-electron chi connectivity index (χ0n) is 13.7. The molecule has 0 atom stereocenters. The summed E-state index contributed by atoms with van der Waals surface area (Å²) in [4.78, 5) is 16.6.